The van der Waals surface area contributed by atoms with Crippen LogP contribution in [0.1, 0.15) is 37.5 Å². The highest BCUT2D eigenvalue weighted by molar-refractivity contribution is 7.99. The fraction of sp³-hybridized carbons (Fsp3) is 0.102. The molecule has 12 rings (SSSR count). The van der Waals surface area contributed by atoms with Crippen LogP contribution in [0.15, 0.2) is 161 Å². The van der Waals surface area contributed by atoms with Crippen LogP contribution in [-0.4, -0.2) is 21.8 Å². The summed E-state index contributed by atoms with van der Waals surface area (Å²) in [5.74, 6) is 0. The van der Waals surface area contributed by atoms with E-state index in [4.69, 9.17) is 0 Å². The molecule has 256 valence electrons. The van der Waals surface area contributed by atoms with Crippen LogP contribution in [0.3, 0.4) is 0 Å². The number of hydrogen-bond acceptors (Lipinski definition) is 3. The summed E-state index contributed by atoms with van der Waals surface area (Å²) in [5.41, 5.74) is 17.7. The first kappa shape index (κ1) is 30.9. The van der Waals surface area contributed by atoms with Crippen molar-refractivity contribution in [1.82, 2.24) is 0 Å². The second-order valence-corrected chi connectivity index (χ2v) is 21.2. The maximum Gasteiger partial charge on any atom is 0.252 e. The van der Waals surface area contributed by atoms with Crippen LogP contribution in [0.25, 0.3) is 22.3 Å². The van der Waals surface area contributed by atoms with Gasteiger partial charge in [-0.05, 0) is 95.1 Å². The fourth-order valence-corrected chi connectivity index (χ4v) is 17.3. The quantitative estimate of drug-likeness (QED) is 0.146. The molecule has 0 amide bonds. The molecule has 7 aromatic rings. The summed E-state index contributed by atoms with van der Waals surface area (Å²) in [7, 11) is -0.423. The Morgan fingerprint density at radius 3 is 1.80 bits per heavy atom. The second-order valence-electron chi connectivity index (χ2n) is 16.5. The van der Waals surface area contributed by atoms with E-state index in [1.54, 1.807) is 0 Å². The van der Waals surface area contributed by atoms with Crippen molar-refractivity contribution in [2.24, 2.45) is 0 Å². The van der Waals surface area contributed by atoms with Crippen LogP contribution in [0.2, 0.25) is 0 Å². The predicted octanol–water partition coefficient (Wildman–Crippen LogP) is 8.07. The molecule has 5 aliphatic rings. The third-order valence-electron chi connectivity index (χ3n) is 12.8. The summed E-state index contributed by atoms with van der Waals surface area (Å²) in [5, 5.41) is 6.00. The van der Waals surface area contributed by atoms with E-state index in [1.807, 2.05) is 11.8 Å². The molecule has 0 unspecified atom stereocenters. The third-order valence-corrected chi connectivity index (χ3v) is 18.9. The molecule has 0 aromatic heterocycles. The molecular weight excluding hydrogens is 688 g/mol. The lowest BCUT2D eigenvalue weighted by Crippen LogP contribution is -2.77. The van der Waals surface area contributed by atoms with E-state index < -0.39 is 8.07 Å². The number of hydrogen-bond donors (Lipinski definition) is 0. The first-order valence-corrected chi connectivity index (χ1v) is 21.9. The van der Waals surface area contributed by atoms with E-state index in [0.717, 1.165) is 0 Å². The summed E-state index contributed by atoms with van der Waals surface area (Å²) in [4.78, 5) is 7.86. The highest BCUT2D eigenvalue weighted by Gasteiger charge is 2.57. The van der Waals surface area contributed by atoms with E-state index in [-0.39, 0.29) is 12.1 Å². The smallest absolute Gasteiger partial charge is 0.252 e. The van der Waals surface area contributed by atoms with Crippen molar-refractivity contribution in [3.63, 3.8) is 0 Å². The summed E-state index contributed by atoms with van der Waals surface area (Å²) in [6.45, 7) is 7.14. The Balaban J connectivity index is 1.28. The lowest BCUT2D eigenvalue weighted by Gasteiger charge is -2.50. The molecule has 5 heteroatoms. The van der Waals surface area contributed by atoms with Crippen molar-refractivity contribution >= 4 is 92.1 Å². The van der Waals surface area contributed by atoms with E-state index in [1.165, 1.54) is 103 Å². The molecule has 0 atom stereocenters. The Labute approximate surface area is 322 Å². The maximum atomic E-state index is 2.69. The average Bonchev–Trinajstić information content (AvgIpc) is 3.39. The van der Waals surface area contributed by atoms with Gasteiger partial charge >= 0.3 is 0 Å². The minimum absolute atomic E-state index is 0.0469. The summed E-state index contributed by atoms with van der Waals surface area (Å²) in [6.07, 6.45) is 0. The Hall–Kier alpha value is -5.49. The maximum absolute atomic E-state index is 2.74. The standard InChI is InChI=1S/C49H37BN2SSi/c1-49(2,3)30-28-37-46-38(29-30)52-36-21-9-14-26-43(36)54(41-24-12-7-16-31(41)32-17-8-13-25-42(32)54)44-27-15-20-35(48(44)52)50(46)45-33-18-5-10-22-39(33)53-40-23-11-6-19-34(40)47(45)51(37)4/h5-29H,1-4H3. The van der Waals surface area contributed by atoms with Crippen molar-refractivity contribution in [1.29, 1.82) is 0 Å². The molecule has 0 fully saturated rings. The Kier molecular flexibility index (Phi) is 6.06. The first-order valence-electron chi connectivity index (χ1n) is 19.1. The molecule has 54 heavy (non-hydrogen) atoms. The predicted molar refractivity (Wildman–Crippen MR) is 233 cm³/mol. The van der Waals surface area contributed by atoms with E-state index in [9.17, 15) is 0 Å². The molecule has 0 saturated carbocycles. The molecule has 5 heterocycles. The monoisotopic (exact) mass is 724 g/mol. The van der Waals surface area contributed by atoms with Gasteiger partial charge in [-0.2, -0.15) is 0 Å². The lowest BCUT2D eigenvalue weighted by molar-refractivity contribution is 0.590. The number of rotatable bonds is 0. The highest BCUT2D eigenvalue weighted by atomic mass is 32.2. The number of fused-ring (bicyclic) bond motifs is 16. The average molecular weight is 725 g/mol. The Bertz CT molecular complexity index is 2800. The van der Waals surface area contributed by atoms with Gasteiger partial charge in [0.15, 0.2) is 8.07 Å². The van der Waals surface area contributed by atoms with E-state index >= 15 is 0 Å². The van der Waals surface area contributed by atoms with Gasteiger partial charge in [0.25, 0.3) is 6.71 Å². The zero-order valence-electron chi connectivity index (χ0n) is 30.8. The van der Waals surface area contributed by atoms with Gasteiger partial charge in [0.05, 0.1) is 0 Å². The van der Waals surface area contributed by atoms with Crippen LogP contribution >= 0.6 is 11.8 Å². The van der Waals surface area contributed by atoms with Crippen molar-refractivity contribution in [2.75, 3.05) is 16.8 Å². The number of anilines is 4. The Morgan fingerprint density at radius 2 is 1.09 bits per heavy atom. The molecule has 0 saturated heterocycles. The van der Waals surface area contributed by atoms with Crippen LogP contribution < -0.4 is 41.5 Å². The highest BCUT2D eigenvalue weighted by Crippen LogP contribution is 2.52. The molecule has 7 aromatic carbocycles. The van der Waals surface area contributed by atoms with Crippen molar-refractivity contribution in [3.8, 4) is 11.1 Å². The molecule has 1 spiro atoms. The topological polar surface area (TPSA) is 6.48 Å². The van der Waals surface area contributed by atoms with Crippen molar-refractivity contribution in [2.45, 2.75) is 36.0 Å². The van der Waals surface area contributed by atoms with Crippen LogP contribution in [0, 0.1) is 0 Å². The largest absolute Gasteiger partial charge is 0.345 e. The second kappa shape index (κ2) is 10.6. The molecule has 0 bridgehead atoms. The zero-order valence-corrected chi connectivity index (χ0v) is 32.6. The molecular formula is C49H37BN2SSi. The Morgan fingerprint density at radius 1 is 0.537 bits per heavy atom. The van der Waals surface area contributed by atoms with Gasteiger partial charge < -0.3 is 9.80 Å². The van der Waals surface area contributed by atoms with E-state index in [0.29, 0.717) is 0 Å². The van der Waals surface area contributed by atoms with Crippen molar-refractivity contribution < 1.29 is 0 Å². The van der Waals surface area contributed by atoms with E-state index in [2.05, 4.69) is 189 Å². The molecule has 2 nitrogen and oxygen atoms in total. The number of nitrogens with zero attached hydrogens (tertiary/aromatic N) is 2. The molecule has 5 aliphatic heterocycles. The molecule has 0 aliphatic carbocycles. The van der Waals surface area contributed by atoms with Crippen LogP contribution in [0.4, 0.5) is 22.7 Å². The minimum atomic E-state index is -2.74. The summed E-state index contributed by atoms with van der Waals surface area (Å²) >= 11 is 1.91. The van der Waals surface area contributed by atoms with Gasteiger partial charge in [-0.25, -0.2) is 0 Å². The van der Waals surface area contributed by atoms with Crippen molar-refractivity contribution in [3.05, 3.63) is 168 Å². The van der Waals surface area contributed by atoms with Gasteiger partial charge in [0.1, 0.15) is 0 Å². The van der Waals surface area contributed by atoms with Crippen LogP contribution in [0.5, 0.6) is 0 Å². The van der Waals surface area contributed by atoms with Gasteiger partial charge in [0, 0.05) is 50.8 Å². The molecule has 0 N–H and O–H groups in total. The summed E-state index contributed by atoms with van der Waals surface area (Å²) < 4.78 is 0. The van der Waals surface area contributed by atoms with Gasteiger partial charge in [-0.15, -0.1) is 0 Å². The fourth-order valence-electron chi connectivity index (χ4n) is 10.6. The lowest BCUT2D eigenvalue weighted by atomic mass is 9.32. The SMILES string of the molecule is CN1C2=C(B3c4cccc5c4N(c4ccccc4[Si]54c5ccccc5-c5ccccc54)c4cc(C(C)(C)C)cc1c43)c1ccccc1Sc1ccccc12. The normalized spacial score (nSPS) is 16.0. The zero-order chi connectivity index (χ0) is 36.1. The molecule has 0 radical (unpaired) electrons. The van der Waals surface area contributed by atoms with Crippen LogP contribution in [-0.2, 0) is 5.41 Å². The van der Waals surface area contributed by atoms with Gasteiger partial charge in [0.2, 0.25) is 0 Å². The minimum Gasteiger partial charge on any atom is -0.345 e. The number of para-hydroxylation sites is 2. The first-order chi connectivity index (χ1) is 26.4. The van der Waals surface area contributed by atoms with Gasteiger partial charge in [-0.1, -0.05) is 154 Å². The van der Waals surface area contributed by atoms with Gasteiger partial charge in [-0.3, -0.25) is 0 Å². The number of benzene rings is 7. The third kappa shape index (κ3) is 3.69. The summed E-state index contributed by atoms with van der Waals surface area (Å²) in [6, 6.07) is 58.6.